The fraction of sp³-hybridized carbons (Fsp3) is 0.143. The van der Waals surface area contributed by atoms with Crippen LogP contribution in [0.5, 0.6) is 34.5 Å². The molecule has 4 N–H and O–H groups in total. The number of fused-ring (bicyclic) bond motifs is 4. The van der Waals surface area contributed by atoms with Crippen molar-refractivity contribution >= 4 is 27.6 Å². The summed E-state index contributed by atoms with van der Waals surface area (Å²) in [4.78, 5) is 0. The predicted octanol–water partition coefficient (Wildman–Crippen LogP) is 10.0. The lowest BCUT2D eigenvalue weighted by Crippen LogP contribution is -2.34. The highest BCUT2D eigenvalue weighted by Gasteiger charge is 2.39. The van der Waals surface area contributed by atoms with Crippen molar-refractivity contribution in [2.45, 2.75) is 11.2 Å². The molecule has 8 aromatic rings. The smallest absolute Gasteiger partial charge is 0.178 e. The third-order valence-corrected chi connectivity index (χ3v) is 10.9. The molecule has 65 heavy (non-hydrogen) atoms. The van der Waals surface area contributed by atoms with Crippen LogP contribution in [0, 0.1) is 12.3 Å². The summed E-state index contributed by atoms with van der Waals surface area (Å²) in [5, 5.41) is 42.4. The normalized spacial score (nSPS) is 14.5. The van der Waals surface area contributed by atoms with E-state index in [-0.39, 0.29) is 32.2 Å². The Morgan fingerprint density at radius 1 is 0.585 bits per heavy atom. The molecule has 1 aliphatic rings. The summed E-state index contributed by atoms with van der Waals surface area (Å²) in [7, 11) is 3.25. The fourth-order valence-corrected chi connectivity index (χ4v) is 7.58. The second kappa shape index (κ2) is 21.1. The molecule has 0 spiro atoms. The molecule has 8 aromatic carbocycles. The van der Waals surface area contributed by atoms with Crippen molar-refractivity contribution in [3.8, 4) is 46.8 Å². The first-order chi connectivity index (χ1) is 31.8. The second-order valence-corrected chi connectivity index (χ2v) is 14.9. The monoisotopic (exact) mass is 866 g/mol. The highest BCUT2D eigenvalue weighted by molar-refractivity contribution is 5.96. The molecular formula is C56H50O9. The number of ether oxygens (including phenoxy) is 5. The van der Waals surface area contributed by atoms with Gasteiger partial charge in [-0.3, -0.25) is 0 Å². The number of hydrogen-bond acceptors (Lipinski definition) is 9. The molecule has 0 amide bonds. The highest BCUT2D eigenvalue weighted by Crippen LogP contribution is 2.49. The van der Waals surface area contributed by atoms with E-state index < -0.39 is 11.2 Å². The fourth-order valence-electron chi connectivity index (χ4n) is 7.58. The van der Waals surface area contributed by atoms with E-state index in [1.165, 1.54) is 0 Å². The lowest BCUT2D eigenvalue weighted by molar-refractivity contribution is 0.144. The molecule has 9 rings (SSSR count). The molecule has 2 atom stereocenters. The van der Waals surface area contributed by atoms with Crippen LogP contribution in [0.2, 0.25) is 0 Å². The average molecular weight is 867 g/mol. The lowest BCUT2D eigenvalue weighted by atomic mass is 9.83. The van der Waals surface area contributed by atoms with Crippen molar-refractivity contribution in [2.24, 2.45) is 0 Å². The van der Waals surface area contributed by atoms with Gasteiger partial charge in [0.15, 0.2) is 34.2 Å². The Bertz CT molecular complexity index is 2870. The Kier molecular flexibility index (Phi) is 14.7. The van der Waals surface area contributed by atoms with Crippen molar-refractivity contribution in [3.63, 3.8) is 0 Å². The molecule has 0 radical (unpaired) electrons. The molecule has 9 heteroatoms. The Hall–Kier alpha value is -7.74. The Morgan fingerprint density at radius 2 is 1.08 bits per heavy atom. The number of phenolic OH excluding ortho intramolecular Hbond substituents is 1. The standard InChI is InChI=1S/C28H24O4.C16H14O2.C12H12O3/c1-30-23-13-11-22(12-14-23)28(21-8-3-2-4-9-21)16-15-25-24-10-6-5-7-20(24)19-26(27(25)32-28)31-18-17-29;1-3-16(17,13-7-5-4-6-8-13)14-9-11-15(18-2)12-10-14;13-5-6-15-12-8-10-4-2-1-3-9(10)7-11(12)14/h2-16,19,29H,17-18H2,1H3;1,4-12,17H,2H3;1-4,7-8,13-14H,5-6H2. The van der Waals surface area contributed by atoms with Gasteiger partial charge in [-0.05, 0) is 76.2 Å². The molecule has 0 aromatic heterocycles. The lowest BCUT2D eigenvalue weighted by Gasteiger charge is -2.37. The molecule has 1 heterocycles. The topological polar surface area (TPSA) is 127 Å². The second-order valence-electron chi connectivity index (χ2n) is 14.9. The first kappa shape index (κ1) is 45.3. The van der Waals surface area contributed by atoms with E-state index in [0.29, 0.717) is 28.4 Å². The van der Waals surface area contributed by atoms with Crippen LogP contribution in [-0.2, 0) is 11.2 Å². The van der Waals surface area contributed by atoms with Gasteiger partial charge in [-0.1, -0.05) is 139 Å². The van der Waals surface area contributed by atoms with E-state index in [0.717, 1.165) is 49.7 Å². The zero-order valence-corrected chi connectivity index (χ0v) is 36.1. The van der Waals surface area contributed by atoms with E-state index in [9.17, 15) is 15.3 Å². The number of phenols is 1. The Labute approximate surface area is 379 Å². The highest BCUT2D eigenvalue weighted by atomic mass is 16.5. The van der Waals surface area contributed by atoms with Crippen LogP contribution < -0.4 is 23.7 Å². The number of benzene rings is 8. The summed E-state index contributed by atoms with van der Waals surface area (Å²) in [6.07, 6.45) is 9.73. The molecule has 1 aliphatic heterocycles. The van der Waals surface area contributed by atoms with Gasteiger partial charge in [0.25, 0.3) is 0 Å². The van der Waals surface area contributed by atoms with Gasteiger partial charge in [0.05, 0.1) is 27.4 Å². The molecule has 0 saturated carbocycles. The van der Waals surface area contributed by atoms with Crippen LogP contribution in [0.15, 0.2) is 182 Å². The van der Waals surface area contributed by atoms with Crippen LogP contribution in [0.25, 0.3) is 27.6 Å². The zero-order valence-electron chi connectivity index (χ0n) is 36.1. The molecule has 2 unspecified atom stereocenters. The van der Waals surface area contributed by atoms with Crippen LogP contribution in [-0.4, -0.2) is 61.1 Å². The van der Waals surface area contributed by atoms with Crippen LogP contribution in [0.1, 0.15) is 27.8 Å². The van der Waals surface area contributed by atoms with Gasteiger partial charge >= 0.3 is 0 Å². The number of aromatic hydroxyl groups is 1. The van der Waals surface area contributed by atoms with Crippen LogP contribution >= 0.6 is 0 Å². The zero-order chi connectivity index (χ0) is 45.7. The average Bonchev–Trinajstić information content (AvgIpc) is 3.37. The molecule has 328 valence electrons. The van der Waals surface area contributed by atoms with Crippen LogP contribution in [0.3, 0.4) is 0 Å². The maximum absolute atomic E-state index is 10.6. The number of rotatable bonds is 12. The Morgan fingerprint density at radius 3 is 1.68 bits per heavy atom. The predicted molar refractivity (Wildman–Crippen MR) is 256 cm³/mol. The molecule has 0 aliphatic carbocycles. The van der Waals surface area contributed by atoms with Gasteiger partial charge in [-0.25, -0.2) is 0 Å². The summed E-state index contributed by atoms with van der Waals surface area (Å²) in [5.41, 5.74) is 2.04. The third kappa shape index (κ3) is 10.1. The van der Waals surface area contributed by atoms with Crippen molar-refractivity contribution in [2.75, 3.05) is 40.6 Å². The minimum atomic E-state index is -1.41. The largest absolute Gasteiger partial charge is 0.504 e. The first-order valence-electron chi connectivity index (χ1n) is 21.0. The van der Waals surface area contributed by atoms with E-state index >= 15 is 0 Å². The summed E-state index contributed by atoms with van der Waals surface area (Å²) >= 11 is 0. The van der Waals surface area contributed by atoms with Crippen molar-refractivity contribution in [3.05, 3.63) is 210 Å². The number of terminal acetylenes is 1. The number of hydrogen-bond donors (Lipinski definition) is 4. The van der Waals surface area contributed by atoms with Gasteiger partial charge in [-0.2, -0.15) is 0 Å². The minimum Gasteiger partial charge on any atom is -0.504 e. The van der Waals surface area contributed by atoms with E-state index in [2.05, 4.69) is 42.3 Å². The van der Waals surface area contributed by atoms with Gasteiger partial charge in [0.2, 0.25) is 0 Å². The quantitative estimate of drug-likeness (QED) is 0.0888. The summed E-state index contributed by atoms with van der Waals surface area (Å²) in [5.74, 6) is 5.77. The van der Waals surface area contributed by atoms with E-state index in [1.54, 1.807) is 50.6 Å². The van der Waals surface area contributed by atoms with E-state index in [4.69, 9.17) is 35.2 Å². The molecule has 9 nitrogen and oxygen atoms in total. The molecule has 0 fully saturated rings. The molecule has 0 saturated heterocycles. The molecule has 0 bridgehead atoms. The van der Waals surface area contributed by atoms with Crippen molar-refractivity contribution in [1.82, 2.24) is 0 Å². The number of aliphatic hydroxyl groups excluding tert-OH is 2. The van der Waals surface area contributed by atoms with Gasteiger partial charge in [0.1, 0.15) is 24.7 Å². The summed E-state index contributed by atoms with van der Waals surface area (Å²) < 4.78 is 28.4. The number of methoxy groups -OCH3 is 2. The first-order valence-corrected chi connectivity index (χ1v) is 21.0. The van der Waals surface area contributed by atoms with Gasteiger partial charge in [0, 0.05) is 27.8 Å². The molecular weight excluding hydrogens is 817 g/mol. The maximum Gasteiger partial charge on any atom is 0.178 e. The summed E-state index contributed by atoms with van der Waals surface area (Å²) in [6.45, 7) is 0.247. The van der Waals surface area contributed by atoms with Crippen molar-refractivity contribution in [1.29, 1.82) is 0 Å². The van der Waals surface area contributed by atoms with E-state index in [1.807, 2.05) is 115 Å². The SMILES string of the molecule is C#CC(O)(c1ccccc1)c1ccc(OC)cc1.COc1ccc(C2(c3ccccc3)C=Cc3c(c(OCCO)cc4ccccc34)O2)cc1.OCCOc1cc2ccccc2cc1O. The van der Waals surface area contributed by atoms with Crippen molar-refractivity contribution < 1.29 is 44.1 Å². The van der Waals surface area contributed by atoms with Gasteiger partial charge in [-0.15, -0.1) is 6.42 Å². The van der Waals surface area contributed by atoms with Gasteiger partial charge < -0.3 is 44.1 Å². The minimum absolute atomic E-state index is 0.0632. The summed E-state index contributed by atoms with van der Waals surface area (Å²) in [6, 6.07) is 55.6. The van der Waals surface area contributed by atoms with Crippen LogP contribution in [0.4, 0.5) is 0 Å². The maximum atomic E-state index is 10.6. The number of aliphatic hydroxyl groups is 3. The Balaban J connectivity index is 0.000000161. The third-order valence-electron chi connectivity index (χ3n) is 10.9.